The normalized spacial score (nSPS) is 13.9. The van der Waals surface area contributed by atoms with Crippen molar-refractivity contribution in [3.05, 3.63) is 64.5 Å². The Bertz CT molecular complexity index is 908. The van der Waals surface area contributed by atoms with Crippen LogP contribution in [0.15, 0.2) is 42.0 Å². The molecule has 0 saturated heterocycles. The van der Waals surface area contributed by atoms with Crippen LogP contribution in [0.25, 0.3) is 6.08 Å². The van der Waals surface area contributed by atoms with Gasteiger partial charge in [0, 0.05) is 30.8 Å². The van der Waals surface area contributed by atoms with E-state index in [9.17, 15) is 9.18 Å². The second-order valence-electron chi connectivity index (χ2n) is 7.44. The highest BCUT2D eigenvalue weighted by atomic mass is 19.1. The Labute approximate surface area is 172 Å². The van der Waals surface area contributed by atoms with Crippen molar-refractivity contribution >= 4 is 23.4 Å². The monoisotopic (exact) mass is 396 g/mol. The van der Waals surface area contributed by atoms with E-state index in [1.807, 2.05) is 6.07 Å². The average Bonchev–Trinajstić information content (AvgIpc) is 2.71. The molecule has 0 unspecified atom stereocenters. The maximum absolute atomic E-state index is 14.5. The molecule has 5 heteroatoms. The molecule has 0 saturated carbocycles. The number of nitrogens with one attached hydrogen (secondary N) is 1. The van der Waals surface area contributed by atoms with Crippen LogP contribution in [0.3, 0.4) is 0 Å². The number of aliphatic carboxylic acids is 1. The number of fused-ring (bicyclic) bond motifs is 1. The lowest BCUT2D eigenvalue weighted by atomic mass is 10.00. The van der Waals surface area contributed by atoms with Crippen LogP contribution in [0.4, 0.5) is 15.8 Å². The Balaban J connectivity index is 1.78. The molecule has 0 amide bonds. The third-order valence-corrected chi connectivity index (χ3v) is 5.34. The Morgan fingerprint density at radius 1 is 1.28 bits per heavy atom. The Morgan fingerprint density at radius 3 is 2.79 bits per heavy atom. The van der Waals surface area contributed by atoms with Crippen molar-refractivity contribution in [3.63, 3.8) is 0 Å². The molecule has 0 spiro atoms. The third-order valence-electron chi connectivity index (χ3n) is 5.34. The minimum Gasteiger partial charge on any atom is -0.478 e. The van der Waals surface area contributed by atoms with Crippen LogP contribution in [0.2, 0.25) is 0 Å². The number of benzene rings is 2. The maximum Gasteiger partial charge on any atom is 0.331 e. The zero-order valence-electron chi connectivity index (χ0n) is 17.2. The number of anilines is 2. The number of rotatable bonds is 8. The highest BCUT2D eigenvalue weighted by Gasteiger charge is 2.19. The molecule has 0 aromatic heterocycles. The summed E-state index contributed by atoms with van der Waals surface area (Å²) in [5.41, 5.74) is 5.04. The topological polar surface area (TPSA) is 52.6 Å². The summed E-state index contributed by atoms with van der Waals surface area (Å²) in [6.45, 7) is 6.55. The van der Waals surface area contributed by atoms with Gasteiger partial charge in [0.1, 0.15) is 5.82 Å². The van der Waals surface area contributed by atoms with E-state index < -0.39 is 11.8 Å². The molecule has 0 bridgehead atoms. The van der Waals surface area contributed by atoms with Gasteiger partial charge >= 0.3 is 5.97 Å². The molecule has 2 aromatic carbocycles. The Kier molecular flexibility index (Phi) is 6.91. The second-order valence-corrected chi connectivity index (χ2v) is 7.44. The van der Waals surface area contributed by atoms with Crippen LogP contribution in [0.5, 0.6) is 0 Å². The number of carboxylic acid groups (broad SMARTS) is 1. The third kappa shape index (κ3) is 4.97. The number of hydrogen-bond donors (Lipinski definition) is 2. The van der Waals surface area contributed by atoms with Gasteiger partial charge in [-0.2, -0.15) is 0 Å². The molecule has 4 nitrogen and oxygen atoms in total. The SMILES string of the molecule is CCCN1CCCc2cccc(NCc3ccc(/C=C(\CC)C(=O)O)c(F)c3)c21. The van der Waals surface area contributed by atoms with E-state index in [1.165, 1.54) is 29.8 Å². The molecule has 2 aromatic rings. The van der Waals surface area contributed by atoms with Crippen LogP contribution in [-0.2, 0) is 17.8 Å². The van der Waals surface area contributed by atoms with E-state index in [-0.39, 0.29) is 5.57 Å². The van der Waals surface area contributed by atoms with Crippen molar-refractivity contribution in [2.45, 2.75) is 46.1 Å². The van der Waals surface area contributed by atoms with E-state index in [0.717, 1.165) is 37.2 Å². The van der Waals surface area contributed by atoms with Crippen molar-refractivity contribution < 1.29 is 14.3 Å². The molecule has 0 aliphatic carbocycles. The van der Waals surface area contributed by atoms with Gasteiger partial charge in [0.2, 0.25) is 0 Å². The molecule has 1 aliphatic heterocycles. The number of hydrogen-bond acceptors (Lipinski definition) is 3. The summed E-state index contributed by atoms with van der Waals surface area (Å²) in [5.74, 6) is -1.41. The molecule has 2 N–H and O–H groups in total. The zero-order chi connectivity index (χ0) is 20.8. The lowest BCUT2D eigenvalue weighted by Gasteiger charge is -2.33. The lowest BCUT2D eigenvalue weighted by molar-refractivity contribution is -0.132. The van der Waals surface area contributed by atoms with Gasteiger partial charge in [-0.15, -0.1) is 0 Å². The number of para-hydroxylation sites is 1. The number of carboxylic acids is 1. The fourth-order valence-corrected chi connectivity index (χ4v) is 3.87. The molecule has 0 radical (unpaired) electrons. The number of aryl methyl sites for hydroxylation is 1. The van der Waals surface area contributed by atoms with Gasteiger partial charge in [0.25, 0.3) is 0 Å². The van der Waals surface area contributed by atoms with Crippen LogP contribution >= 0.6 is 0 Å². The fourth-order valence-electron chi connectivity index (χ4n) is 3.87. The van der Waals surface area contributed by atoms with Crippen LogP contribution in [0, 0.1) is 5.82 Å². The zero-order valence-corrected chi connectivity index (χ0v) is 17.2. The first kappa shape index (κ1) is 20.9. The first-order chi connectivity index (χ1) is 14.0. The smallest absolute Gasteiger partial charge is 0.331 e. The molecular formula is C24H29FN2O2. The van der Waals surface area contributed by atoms with Gasteiger partial charge in [-0.25, -0.2) is 9.18 Å². The maximum atomic E-state index is 14.5. The first-order valence-electron chi connectivity index (χ1n) is 10.4. The van der Waals surface area contributed by atoms with Crippen molar-refractivity contribution in [1.82, 2.24) is 0 Å². The lowest BCUT2D eigenvalue weighted by Crippen LogP contribution is -2.30. The van der Waals surface area contributed by atoms with Gasteiger partial charge in [-0.3, -0.25) is 0 Å². The summed E-state index contributed by atoms with van der Waals surface area (Å²) in [4.78, 5) is 13.6. The quantitative estimate of drug-likeness (QED) is 0.580. The van der Waals surface area contributed by atoms with Crippen molar-refractivity contribution in [1.29, 1.82) is 0 Å². The van der Waals surface area contributed by atoms with E-state index in [1.54, 1.807) is 13.0 Å². The van der Waals surface area contributed by atoms with Crippen molar-refractivity contribution in [2.75, 3.05) is 23.3 Å². The summed E-state index contributed by atoms with van der Waals surface area (Å²) < 4.78 is 14.5. The van der Waals surface area contributed by atoms with Gasteiger partial charge in [0.15, 0.2) is 0 Å². The summed E-state index contributed by atoms with van der Waals surface area (Å²) in [6.07, 6.45) is 5.12. The van der Waals surface area contributed by atoms with Gasteiger partial charge in [-0.05, 0) is 55.0 Å². The van der Waals surface area contributed by atoms with Crippen LogP contribution < -0.4 is 10.2 Å². The van der Waals surface area contributed by atoms with E-state index in [2.05, 4.69) is 35.3 Å². The van der Waals surface area contributed by atoms with Crippen LogP contribution in [-0.4, -0.2) is 24.2 Å². The second kappa shape index (κ2) is 9.59. The van der Waals surface area contributed by atoms with Gasteiger partial charge in [0.05, 0.1) is 11.4 Å². The van der Waals surface area contributed by atoms with Gasteiger partial charge < -0.3 is 15.3 Å². The minimum atomic E-state index is -1.01. The molecule has 3 rings (SSSR count). The van der Waals surface area contributed by atoms with E-state index >= 15 is 0 Å². The summed E-state index contributed by atoms with van der Waals surface area (Å²) in [7, 11) is 0. The molecular weight excluding hydrogens is 367 g/mol. The highest BCUT2D eigenvalue weighted by molar-refractivity contribution is 5.92. The largest absolute Gasteiger partial charge is 0.478 e. The Morgan fingerprint density at radius 2 is 2.10 bits per heavy atom. The predicted molar refractivity (Wildman–Crippen MR) is 117 cm³/mol. The molecule has 154 valence electrons. The minimum absolute atomic E-state index is 0.196. The summed E-state index contributed by atoms with van der Waals surface area (Å²) >= 11 is 0. The number of carbonyl (C=O) groups is 1. The highest BCUT2D eigenvalue weighted by Crippen LogP contribution is 2.35. The molecule has 0 atom stereocenters. The molecule has 29 heavy (non-hydrogen) atoms. The van der Waals surface area contributed by atoms with Crippen molar-refractivity contribution in [3.8, 4) is 0 Å². The van der Waals surface area contributed by atoms with Crippen LogP contribution in [0.1, 0.15) is 49.8 Å². The standard InChI is InChI=1S/C24H29FN2O2/c1-3-12-27-13-6-8-19-7-5-9-22(23(19)27)26-16-17-10-11-20(21(25)14-17)15-18(4-2)24(28)29/h5,7,9-11,14-15,26H,3-4,6,8,12-13,16H2,1-2H3,(H,28,29)/b18-15+. The summed E-state index contributed by atoms with van der Waals surface area (Å²) in [5, 5.41) is 12.6. The number of halogens is 1. The van der Waals surface area contributed by atoms with Gasteiger partial charge in [-0.1, -0.05) is 38.1 Å². The first-order valence-corrected chi connectivity index (χ1v) is 10.4. The summed E-state index contributed by atoms with van der Waals surface area (Å²) in [6, 6.07) is 11.3. The van der Waals surface area contributed by atoms with E-state index in [4.69, 9.17) is 5.11 Å². The molecule has 0 fully saturated rings. The number of nitrogens with zero attached hydrogens (tertiary/aromatic N) is 1. The molecule has 1 aliphatic rings. The fraction of sp³-hybridized carbons (Fsp3) is 0.375. The van der Waals surface area contributed by atoms with E-state index in [0.29, 0.717) is 18.5 Å². The molecule has 1 heterocycles. The predicted octanol–water partition coefficient (Wildman–Crippen LogP) is 5.48. The average molecular weight is 397 g/mol. The Hall–Kier alpha value is -2.82. The van der Waals surface area contributed by atoms with Crippen molar-refractivity contribution in [2.24, 2.45) is 0 Å².